The monoisotopic (exact) mass is 196 g/mol. The first kappa shape index (κ1) is 11.0. The molecule has 0 spiro atoms. The molecule has 1 rings (SSSR count). The van der Waals surface area contributed by atoms with Crippen LogP contribution in [0.15, 0.2) is 24.3 Å². The van der Waals surface area contributed by atoms with E-state index in [2.05, 4.69) is 4.74 Å². The van der Waals surface area contributed by atoms with Gasteiger partial charge in [-0.3, -0.25) is 4.79 Å². The lowest BCUT2D eigenvalue weighted by Gasteiger charge is -2.20. The molecule has 0 saturated heterocycles. The first-order chi connectivity index (χ1) is 6.76. The fourth-order valence-corrected chi connectivity index (χ4v) is 1.35. The SMILES string of the molecule is C/C=C/[C@H]1C=C[C@@H](CC(=O)OC)CO1. The summed E-state index contributed by atoms with van der Waals surface area (Å²) in [6.07, 6.45) is 8.38. The maximum absolute atomic E-state index is 11.0. The number of ether oxygens (including phenoxy) is 2. The maximum atomic E-state index is 11.0. The zero-order valence-electron chi connectivity index (χ0n) is 8.60. The molecule has 0 aromatic carbocycles. The van der Waals surface area contributed by atoms with E-state index in [9.17, 15) is 4.79 Å². The number of rotatable bonds is 3. The predicted octanol–water partition coefficient (Wildman–Crippen LogP) is 1.70. The quantitative estimate of drug-likeness (QED) is 0.509. The second-order valence-electron chi connectivity index (χ2n) is 3.25. The molecular formula is C11H16O3. The van der Waals surface area contributed by atoms with Crippen molar-refractivity contribution in [1.82, 2.24) is 0 Å². The number of allylic oxidation sites excluding steroid dienone is 1. The highest BCUT2D eigenvalue weighted by Gasteiger charge is 2.17. The van der Waals surface area contributed by atoms with Crippen molar-refractivity contribution in [3.8, 4) is 0 Å². The average molecular weight is 196 g/mol. The lowest BCUT2D eigenvalue weighted by atomic mass is 10.0. The van der Waals surface area contributed by atoms with E-state index >= 15 is 0 Å². The second kappa shape index (κ2) is 5.60. The van der Waals surface area contributed by atoms with Crippen LogP contribution in [0, 0.1) is 5.92 Å². The lowest BCUT2D eigenvalue weighted by molar-refractivity contribution is -0.141. The summed E-state index contributed by atoms with van der Waals surface area (Å²) in [5.41, 5.74) is 0. The van der Waals surface area contributed by atoms with Crippen molar-refractivity contribution < 1.29 is 14.3 Å². The van der Waals surface area contributed by atoms with Crippen molar-refractivity contribution in [3.63, 3.8) is 0 Å². The Balaban J connectivity index is 2.39. The molecule has 1 aliphatic rings. The number of carbonyl (C=O) groups excluding carboxylic acids is 1. The van der Waals surface area contributed by atoms with Crippen LogP contribution in [0.4, 0.5) is 0 Å². The predicted molar refractivity (Wildman–Crippen MR) is 53.8 cm³/mol. The summed E-state index contributed by atoms with van der Waals surface area (Å²) in [5.74, 6) is -0.0308. The third-order valence-electron chi connectivity index (χ3n) is 2.11. The molecule has 0 unspecified atom stereocenters. The Hall–Kier alpha value is -1.09. The molecule has 0 saturated carbocycles. The van der Waals surface area contributed by atoms with Crippen LogP contribution in [0.5, 0.6) is 0 Å². The first-order valence-corrected chi connectivity index (χ1v) is 4.75. The normalized spacial score (nSPS) is 26.7. The van der Waals surface area contributed by atoms with Crippen LogP contribution in [0.3, 0.4) is 0 Å². The Bertz CT molecular complexity index is 243. The fraction of sp³-hybridized carbons (Fsp3) is 0.545. The van der Waals surface area contributed by atoms with E-state index in [0.29, 0.717) is 13.0 Å². The summed E-state index contributed by atoms with van der Waals surface area (Å²) < 4.78 is 10.1. The molecule has 1 aliphatic heterocycles. The number of carbonyl (C=O) groups is 1. The summed E-state index contributed by atoms with van der Waals surface area (Å²) in [7, 11) is 1.40. The highest BCUT2D eigenvalue weighted by atomic mass is 16.5. The Morgan fingerprint density at radius 1 is 1.64 bits per heavy atom. The molecule has 0 N–H and O–H groups in total. The number of methoxy groups -OCH3 is 1. The van der Waals surface area contributed by atoms with Gasteiger partial charge in [0.05, 0.1) is 26.2 Å². The fourth-order valence-electron chi connectivity index (χ4n) is 1.35. The molecule has 3 heteroatoms. The van der Waals surface area contributed by atoms with Gasteiger partial charge in [-0.15, -0.1) is 0 Å². The summed E-state index contributed by atoms with van der Waals surface area (Å²) >= 11 is 0. The molecule has 1 heterocycles. The molecule has 0 aliphatic carbocycles. The van der Waals surface area contributed by atoms with Gasteiger partial charge < -0.3 is 9.47 Å². The number of hydrogen-bond acceptors (Lipinski definition) is 3. The van der Waals surface area contributed by atoms with Crippen molar-refractivity contribution in [2.45, 2.75) is 19.4 Å². The summed E-state index contributed by atoms with van der Waals surface area (Å²) in [4.78, 5) is 11.0. The van der Waals surface area contributed by atoms with E-state index in [1.165, 1.54) is 7.11 Å². The molecule has 78 valence electrons. The summed E-state index contributed by atoms with van der Waals surface area (Å²) in [6.45, 7) is 2.54. The van der Waals surface area contributed by atoms with Gasteiger partial charge in [0.1, 0.15) is 0 Å². The van der Waals surface area contributed by atoms with Gasteiger partial charge in [0.2, 0.25) is 0 Å². The third-order valence-corrected chi connectivity index (χ3v) is 2.11. The summed E-state index contributed by atoms with van der Waals surface area (Å²) in [5, 5.41) is 0. The lowest BCUT2D eigenvalue weighted by Crippen LogP contribution is -2.21. The molecule has 0 bridgehead atoms. The van der Waals surface area contributed by atoms with Crippen molar-refractivity contribution in [1.29, 1.82) is 0 Å². The molecule has 2 atom stereocenters. The molecule has 0 aromatic heterocycles. The minimum Gasteiger partial charge on any atom is -0.469 e. The Labute approximate surface area is 84.4 Å². The van der Waals surface area contributed by atoms with Gasteiger partial charge in [0, 0.05) is 5.92 Å². The van der Waals surface area contributed by atoms with Gasteiger partial charge in [-0.2, -0.15) is 0 Å². The highest BCUT2D eigenvalue weighted by molar-refractivity contribution is 5.69. The maximum Gasteiger partial charge on any atom is 0.306 e. The molecule has 0 radical (unpaired) electrons. The second-order valence-corrected chi connectivity index (χ2v) is 3.25. The first-order valence-electron chi connectivity index (χ1n) is 4.75. The van der Waals surface area contributed by atoms with Gasteiger partial charge in [-0.05, 0) is 6.92 Å². The number of hydrogen-bond donors (Lipinski definition) is 0. The molecule has 3 nitrogen and oxygen atoms in total. The third kappa shape index (κ3) is 3.34. The van der Waals surface area contributed by atoms with E-state index in [1.54, 1.807) is 0 Å². The molecule has 0 fully saturated rings. The van der Waals surface area contributed by atoms with Crippen LogP contribution in [-0.4, -0.2) is 25.8 Å². The summed E-state index contributed by atoms with van der Waals surface area (Å²) in [6, 6.07) is 0. The smallest absolute Gasteiger partial charge is 0.306 e. The van der Waals surface area contributed by atoms with Gasteiger partial charge in [-0.25, -0.2) is 0 Å². The van der Waals surface area contributed by atoms with Crippen molar-refractivity contribution in [3.05, 3.63) is 24.3 Å². The van der Waals surface area contributed by atoms with Crippen LogP contribution < -0.4 is 0 Å². The van der Waals surface area contributed by atoms with Crippen LogP contribution in [0.2, 0.25) is 0 Å². The molecule has 14 heavy (non-hydrogen) atoms. The molecule has 0 amide bonds. The van der Waals surface area contributed by atoms with E-state index in [4.69, 9.17) is 4.74 Å². The van der Waals surface area contributed by atoms with Crippen molar-refractivity contribution >= 4 is 5.97 Å². The Morgan fingerprint density at radius 2 is 2.43 bits per heavy atom. The van der Waals surface area contributed by atoms with Crippen molar-refractivity contribution in [2.75, 3.05) is 13.7 Å². The van der Waals surface area contributed by atoms with Gasteiger partial charge in [0.15, 0.2) is 0 Å². The van der Waals surface area contributed by atoms with Crippen LogP contribution in [-0.2, 0) is 14.3 Å². The number of esters is 1. The molecule has 0 aromatic rings. The standard InChI is InChI=1S/C11H16O3/c1-3-4-10-6-5-9(8-14-10)7-11(12)13-2/h3-6,9-10H,7-8H2,1-2H3/b4-3+/t9-,10-/m0/s1. The van der Waals surface area contributed by atoms with Crippen LogP contribution >= 0.6 is 0 Å². The topological polar surface area (TPSA) is 35.5 Å². The van der Waals surface area contributed by atoms with Crippen LogP contribution in [0.25, 0.3) is 0 Å². The largest absolute Gasteiger partial charge is 0.469 e. The average Bonchev–Trinajstić information content (AvgIpc) is 2.21. The minimum atomic E-state index is -0.187. The molecular weight excluding hydrogens is 180 g/mol. The van der Waals surface area contributed by atoms with E-state index < -0.39 is 0 Å². The van der Waals surface area contributed by atoms with Gasteiger partial charge in [0.25, 0.3) is 0 Å². The highest BCUT2D eigenvalue weighted by Crippen LogP contribution is 2.15. The van der Waals surface area contributed by atoms with Gasteiger partial charge >= 0.3 is 5.97 Å². The van der Waals surface area contributed by atoms with Gasteiger partial charge in [-0.1, -0.05) is 24.3 Å². The Morgan fingerprint density at radius 3 is 2.93 bits per heavy atom. The van der Waals surface area contributed by atoms with E-state index in [-0.39, 0.29) is 18.0 Å². The van der Waals surface area contributed by atoms with Crippen molar-refractivity contribution in [2.24, 2.45) is 5.92 Å². The van der Waals surface area contributed by atoms with E-state index in [0.717, 1.165) is 0 Å². The van der Waals surface area contributed by atoms with E-state index in [1.807, 2.05) is 31.2 Å². The Kier molecular flexibility index (Phi) is 4.40. The zero-order valence-corrected chi connectivity index (χ0v) is 8.60. The minimum absolute atomic E-state index is 0.0638. The zero-order chi connectivity index (χ0) is 10.4. The van der Waals surface area contributed by atoms with Crippen LogP contribution in [0.1, 0.15) is 13.3 Å².